The van der Waals surface area contributed by atoms with Crippen LogP contribution in [0.2, 0.25) is 0 Å². The molecule has 1 aliphatic heterocycles. The number of hydrogen-bond acceptors (Lipinski definition) is 2. The van der Waals surface area contributed by atoms with Gasteiger partial charge in [0.2, 0.25) is 0 Å². The summed E-state index contributed by atoms with van der Waals surface area (Å²) in [7, 11) is 0. The van der Waals surface area contributed by atoms with Crippen molar-refractivity contribution in [3.8, 4) is 0 Å². The van der Waals surface area contributed by atoms with E-state index in [2.05, 4.69) is 24.1 Å². The lowest BCUT2D eigenvalue weighted by molar-refractivity contribution is 0.0769. The Morgan fingerprint density at radius 1 is 1.30 bits per heavy atom. The summed E-state index contributed by atoms with van der Waals surface area (Å²) in [5.74, 6) is -0.761. The molecule has 0 bridgehead atoms. The largest absolute Gasteiger partial charge is 0.308 e. The van der Waals surface area contributed by atoms with E-state index in [1.165, 1.54) is 25.0 Å². The van der Waals surface area contributed by atoms with Crippen molar-refractivity contribution in [1.82, 2.24) is 10.2 Å². The van der Waals surface area contributed by atoms with Crippen LogP contribution < -0.4 is 5.32 Å². The highest BCUT2D eigenvalue weighted by atomic mass is 19.2. The summed E-state index contributed by atoms with van der Waals surface area (Å²) in [4.78, 5) is 2.38. The van der Waals surface area contributed by atoms with Crippen LogP contribution in [0, 0.1) is 17.6 Å². The lowest BCUT2D eigenvalue weighted by Crippen LogP contribution is -2.62. The molecule has 3 rings (SSSR count). The van der Waals surface area contributed by atoms with Crippen molar-refractivity contribution in [1.29, 1.82) is 0 Å². The van der Waals surface area contributed by atoms with Gasteiger partial charge >= 0.3 is 0 Å². The maximum atomic E-state index is 13.3. The average Bonchev–Trinajstić information content (AvgIpc) is 3.23. The van der Waals surface area contributed by atoms with Gasteiger partial charge in [-0.2, -0.15) is 0 Å². The molecule has 2 nitrogen and oxygen atoms in total. The van der Waals surface area contributed by atoms with Crippen molar-refractivity contribution >= 4 is 0 Å². The van der Waals surface area contributed by atoms with Crippen LogP contribution in [0.1, 0.15) is 32.3 Å². The highest BCUT2D eigenvalue weighted by Gasteiger charge is 2.45. The molecular formula is C16H22F2N2. The number of nitrogens with one attached hydrogen (secondary N) is 1. The van der Waals surface area contributed by atoms with E-state index in [-0.39, 0.29) is 5.54 Å². The van der Waals surface area contributed by atoms with E-state index < -0.39 is 11.6 Å². The van der Waals surface area contributed by atoms with Crippen molar-refractivity contribution in [3.05, 3.63) is 35.4 Å². The first-order valence-electron chi connectivity index (χ1n) is 7.41. The summed E-state index contributed by atoms with van der Waals surface area (Å²) in [6, 6.07) is 4.63. The molecule has 0 amide bonds. The Kier molecular flexibility index (Phi) is 3.55. The van der Waals surface area contributed by atoms with Crippen LogP contribution in [0.4, 0.5) is 8.78 Å². The van der Waals surface area contributed by atoms with E-state index >= 15 is 0 Å². The summed E-state index contributed by atoms with van der Waals surface area (Å²) in [6.07, 6.45) is 2.60. The Hall–Kier alpha value is -1.00. The number of rotatable bonds is 3. The fourth-order valence-corrected chi connectivity index (χ4v) is 3.22. The molecule has 1 aromatic carbocycles. The smallest absolute Gasteiger partial charge is 0.159 e. The van der Waals surface area contributed by atoms with Crippen LogP contribution in [0.5, 0.6) is 0 Å². The number of halogens is 2. The second-order valence-corrected chi connectivity index (χ2v) is 6.58. The number of piperazine rings is 1. The van der Waals surface area contributed by atoms with Crippen LogP contribution in [0.15, 0.2) is 18.2 Å². The lowest BCUT2D eigenvalue weighted by Gasteiger charge is -2.45. The molecule has 1 aliphatic carbocycles. The van der Waals surface area contributed by atoms with Crippen LogP contribution >= 0.6 is 0 Å². The normalized spacial score (nSPS) is 31.5. The highest BCUT2D eigenvalue weighted by molar-refractivity contribution is 5.18. The summed E-state index contributed by atoms with van der Waals surface area (Å²) in [5, 5.41) is 3.67. The van der Waals surface area contributed by atoms with Gasteiger partial charge in [0.05, 0.1) is 0 Å². The zero-order valence-electron chi connectivity index (χ0n) is 12.1. The van der Waals surface area contributed by atoms with Gasteiger partial charge in [0, 0.05) is 31.2 Å². The Morgan fingerprint density at radius 3 is 2.70 bits per heavy atom. The van der Waals surface area contributed by atoms with Crippen LogP contribution in [0.25, 0.3) is 0 Å². The maximum Gasteiger partial charge on any atom is 0.159 e. The molecule has 1 N–H and O–H groups in total. The zero-order valence-corrected chi connectivity index (χ0v) is 12.1. The number of benzene rings is 1. The first-order chi connectivity index (χ1) is 9.48. The molecule has 20 heavy (non-hydrogen) atoms. The summed E-state index contributed by atoms with van der Waals surface area (Å²) < 4.78 is 26.3. The summed E-state index contributed by atoms with van der Waals surface area (Å²) >= 11 is 0. The van der Waals surface area contributed by atoms with E-state index in [1.54, 1.807) is 6.07 Å². The minimum Gasteiger partial charge on any atom is -0.308 e. The Balaban J connectivity index is 1.72. The number of hydrogen-bond donors (Lipinski definition) is 1. The fraction of sp³-hybridized carbons (Fsp3) is 0.625. The SMILES string of the molecule is CC1CNC(C)(C2CC2)CN1Cc1ccc(F)c(F)c1. The molecule has 0 radical (unpaired) electrons. The zero-order chi connectivity index (χ0) is 14.3. The first kappa shape index (κ1) is 14.0. The van der Waals surface area contributed by atoms with Crippen LogP contribution in [-0.4, -0.2) is 29.6 Å². The molecule has 1 aromatic rings. The van der Waals surface area contributed by atoms with Gasteiger partial charge in [-0.3, -0.25) is 4.90 Å². The fourth-order valence-electron chi connectivity index (χ4n) is 3.22. The van der Waals surface area contributed by atoms with Crippen LogP contribution in [-0.2, 0) is 6.54 Å². The lowest BCUT2D eigenvalue weighted by atomic mass is 9.91. The van der Waals surface area contributed by atoms with E-state index in [0.717, 1.165) is 24.6 Å². The first-order valence-corrected chi connectivity index (χ1v) is 7.41. The van der Waals surface area contributed by atoms with Gasteiger partial charge in [0.15, 0.2) is 11.6 Å². The van der Waals surface area contributed by atoms with Crippen molar-refractivity contribution in [2.24, 2.45) is 5.92 Å². The van der Waals surface area contributed by atoms with Gasteiger partial charge in [-0.15, -0.1) is 0 Å². The second-order valence-electron chi connectivity index (χ2n) is 6.58. The minimum atomic E-state index is -0.773. The van der Waals surface area contributed by atoms with Gasteiger partial charge in [0.1, 0.15) is 0 Å². The molecule has 2 aliphatic rings. The van der Waals surface area contributed by atoms with E-state index in [0.29, 0.717) is 12.6 Å². The third kappa shape index (κ3) is 2.72. The molecule has 0 aromatic heterocycles. The van der Waals surface area contributed by atoms with Crippen molar-refractivity contribution in [3.63, 3.8) is 0 Å². The number of nitrogens with zero attached hydrogens (tertiary/aromatic N) is 1. The molecular weight excluding hydrogens is 258 g/mol. The standard InChI is InChI=1S/C16H22F2N2/c1-11-8-19-16(2,13-4-5-13)10-20(11)9-12-3-6-14(17)15(18)7-12/h3,6-7,11,13,19H,4-5,8-10H2,1-2H3. The van der Waals surface area contributed by atoms with Gasteiger partial charge in [-0.25, -0.2) is 8.78 Å². The summed E-state index contributed by atoms with van der Waals surface area (Å²) in [5.41, 5.74) is 1.02. The van der Waals surface area contributed by atoms with Gasteiger partial charge in [0.25, 0.3) is 0 Å². The summed E-state index contributed by atoms with van der Waals surface area (Å²) in [6.45, 7) is 7.07. The Morgan fingerprint density at radius 2 is 2.05 bits per heavy atom. The molecule has 4 heteroatoms. The van der Waals surface area contributed by atoms with E-state index in [9.17, 15) is 8.78 Å². The van der Waals surface area contributed by atoms with Crippen molar-refractivity contribution in [2.75, 3.05) is 13.1 Å². The van der Waals surface area contributed by atoms with Gasteiger partial charge in [-0.05, 0) is 50.3 Å². The molecule has 1 saturated carbocycles. The third-order valence-electron chi connectivity index (χ3n) is 4.80. The topological polar surface area (TPSA) is 15.3 Å². The van der Waals surface area contributed by atoms with Crippen LogP contribution in [0.3, 0.4) is 0 Å². The average molecular weight is 280 g/mol. The van der Waals surface area contributed by atoms with E-state index in [1.807, 2.05) is 0 Å². The molecule has 1 heterocycles. The highest BCUT2D eigenvalue weighted by Crippen LogP contribution is 2.41. The molecule has 2 atom stereocenters. The molecule has 1 saturated heterocycles. The van der Waals surface area contributed by atoms with Gasteiger partial charge in [-0.1, -0.05) is 6.07 Å². The predicted molar refractivity (Wildman–Crippen MR) is 75.4 cm³/mol. The Bertz CT molecular complexity index is 501. The molecule has 110 valence electrons. The molecule has 2 fully saturated rings. The quantitative estimate of drug-likeness (QED) is 0.916. The monoisotopic (exact) mass is 280 g/mol. The van der Waals surface area contributed by atoms with Crippen molar-refractivity contribution < 1.29 is 8.78 Å². The molecule has 2 unspecified atom stereocenters. The Labute approximate surface area is 119 Å². The predicted octanol–water partition coefficient (Wildman–Crippen LogP) is 2.93. The minimum absolute atomic E-state index is 0.172. The van der Waals surface area contributed by atoms with Crippen molar-refractivity contribution in [2.45, 2.75) is 44.8 Å². The third-order valence-corrected chi connectivity index (χ3v) is 4.80. The van der Waals surface area contributed by atoms with Gasteiger partial charge < -0.3 is 5.32 Å². The second kappa shape index (κ2) is 5.08. The molecule has 0 spiro atoms. The van der Waals surface area contributed by atoms with E-state index in [4.69, 9.17) is 0 Å². The maximum absolute atomic E-state index is 13.3.